The maximum absolute atomic E-state index is 12.7. The molecule has 1 atom stereocenters. The summed E-state index contributed by atoms with van der Waals surface area (Å²) in [6.07, 6.45) is -1.92. The second kappa shape index (κ2) is 5.91. The van der Waals surface area contributed by atoms with Gasteiger partial charge in [-0.25, -0.2) is 0 Å². The highest BCUT2D eigenvalue weighted by molar-refractivity contribution is 5.74. The molecule has 0 bridgehead atoms. The summed E-state index contributed by atoms with van der Waals surface area (Å²) in [6, 6.07) is 5.08. The van der Waals surface area contributed by atoms with Gasteiger partial charge in [0.1, 0.15) is 0 Å². The molecule has 1 unspecified atom stereocenters. The van der Waals surface area contributed by atoms with Crippen LogP contribution in [-0.2, 0) is 11.0 Å². The molecule has 1 aromatic carbocycles. The van der Waals surface area contributed by atoms with Gasteiger partial charge in [0.15, 0.2) is 0 Å². The molecule has 1 rings (SSSR count). The summed E-state index contributed by atoms with van der Waals surface area (Å²) in [4.78, 5) is 11.0. The van der Waals surface area contributed by atoms with Crippen molar-refractivity contribution in [3.05, 3.63) is 41.5 Å². The Bertz CT molecular complexity index is 476. The van der Waals surface area contributed by atoms with Crippen molar-refractivity contribution in [2.75, 3.05) is 0 Å². The van der Waals surface area contributed by atoms with Gasteiger partial charge in [0.2, 0.25) is 0 Å². The van der Waals surface area contributed by atoms with E-state index in [1.54, 1.807) is 13.8 Å². The first-order chi connectivity index (χ1) is 8.73. The number of aliphatic carboxylic acids is 1. The van der Waals surface area contributed by atoms with Gasteiger partial charge in [0, 0.05) is 0 Å². The van der Waals surface area contributed by atoms with Crippen LogP contribution in [0, 0.1) is 11.8 Å². The van der Waals surface area contributed by atoms with Crippen molar-refractivity contribution in [3.63, 3.8) is 0 Å². The van der Waals surface area contributed by atoms with Gasteiger partial charge >= 0.3 is 12.1 Å². The molecule has 0 amide bonds. The Hall–Kier alpha value is -1.78. The van der Waals surface area contributed by atoms with Crippen molar-refractivity contribution in [2.45, 2.75) is 20.0 Å². The lowest BCUT2D eigenvalue weighted by atomic mass is 9.94. The van der Waals surface area contributed by atoms with Crippen molar-refractivity contribution in [3.8, 4) is 0 Å². The van der Waals surface area contributed by atoms with Crippen molar-refractivity contribution in [2.24, 2.45) is 11.8 Å². The third kappa shape index (κ3) is 4.12. The summed E-state index contributed by atoms with van der Waals surface area (Å²) in [5.74, 6) is -2.04. The number of hydrogen-bond acceptors (Lipinski definition) is 1. The molecule has 0 fully saturated rings. The van der Waals surface area contributed by atoms with Crippen LogP contribution in [0.15, 0.2) is 30.3 Å². The number of rotatable bonds is 4. The lowest BCUT2D eigenvalue weighted by molar-refractivity contribution is -0.141. The fourth-order valence-corrected chi connectivity index (χ4v) is 1.70. The minimum Gasteiger partial charge on any atom is -0.481 e. The van der Waals surface area contributed by atoms with E-state index in [9.17, 15) is 18.0 Å². The van der Waals surface area contributed by atoms with Crippen molar-refractivity contribution < 1.29 is 23.1 Å². The molecular formula is C14H15F3O2. The standard InChI is InChI=1S/C14H15F3O2/c1-9(2)11(13(18)19)8-7-10-5-3-4-6-12(10)14(15,16)17/h3-9,11H,1-2H3,(H,18,19). The minimum atomic E-state index is -4.45. The number of carboxylic acid groups (broad SMARTS) is 1. The van der Waals surface area contributed by atoms with Gasteiger partial charge < -0.3 is 5.11 Å². The van der Waals surface area contributed by atoms with E-state index in [1.165, 1.54) is 30.4 Å². The van der Waals surface area contributed by atoms with E-state index >= 15 is 0 Å². The van der Waals surface area contributed by atoms with Crippen molar-refractivity contribution in [1.82, 2.24) is 0 Å². The van der Waals surface area contributed by atoms with E-state index in [-0.39, 0.29) is 11.5 Å². The minimum absolute atomic E-state index is 0.0260. The number of carbonyl (C=O) groups is 1. The van der Waals surface area contributed by atoms with Crippen LogP contribution in [0.2, 0.25) is 0 Å². The summed E-state index contributed by atoms with van der Waals surface area (Å²) < 4.78 is 38.2. The molecule has 0 radical (unpaired) electrons. The second-order valence-corrected chi connectivity index (χ2v) is 4.55. The molecule has 0 saturated carbocycles. The van der Waals surface area contributed by atoms with Gasteiger partial charge in [0.05, 0.1) is 11.5 Å². The highest BCUT2D eigenvalue weighted by atomic mass is 19.4. The molecule has 0 spiro atoms. The topological polar surface area (TPSA) is 37.3 Å². The molecule has 0 aliphatic carbocycles. The van der Waals surface area contributed by atoms with E-state index in [4.69, 9.17) is 5.11 Å². The first kappa shape index (κ1) is 15.3. The van der Waals surface area contributed by atoms with E-state index in [1.807, 2.05) is 0 Å². The maximum Gasteiger partial charge on any atom is 0.416 e. The smallest absolute Gasteiger partial charge is 0.416 e. The molecule has 5 heteroatoms. The molecule has 1 N–H and O–H groups in total. The predicted octanol–water partition coefficient (Wildman–Crippen LogP) is 4.08. The number of benzene rings is 1. The Morgan fingerprint density at radius 1 is 1.26 bits per heavy atom. The van der Waals surface area contributed by atoms with Crippen molar-refractivity contribution in [1.29, 1.82) is 0 Å². The zero-order chi connectivity index (χ0) is 14.6. The normalized spacial score (nSPS) is 14.0. The van der Waals surface area contributed by atoms with Crippen LogP contribution >= 0.6 is 0 Å². The quantitative estimate of drug-likeness (QED) is 0.896. The predicted molar refractivity (Wildman–Crippen MR) is 66.4 cm³/mol. The third-order valence-corrected chi connectivity index (χ3v) is 2.75. The van der Waals surface area contributed by atoms with Crippen molar-refractivity contribution >= 4 is 12.0 Å². The molecule has 104 valence electrons. The van der Waals surface area contributed by atoms with E-state index in [2.05, 4.69) is 0 Å². The highest BCUT2D eigenvalue weighted by Gasteiger charge is 2.32. The maximum atomic E-state index is 12.7. The molecule has 2 nitrogen and oxygen atoms in total. The van der Waals surface area contributed by atoms with Gasteiger partial charge in [-0.15, -0.1) is 0 Å². The second-order valence-electron chi connectivity index (χ2n) is 4.55. The van der Waals surface area contributed by atoms with E-state index in [0.717, 1.165) is 6.07 Å². The van der Waals surface area contributed by atoms with Crippen LogP contribution in [-0.4, -0.2) is 11.1 Å². The van der Waals surface area contributed by atoms with Crippen LogP contribution in [0.4, 0.5) is 13.2 Å². The van der Waals surface area contributed by atoms with Gasteiger partial charge in [0.25, 0.3) is 0 Å². The highest BCUT2D eigenvalue weighted by Crippen LogP contribution is 2.32. The van der Waals surface area contributed by atoms with E-state index < -0.39 is 23.6 Å². The monoisotopic (exact) mass is 272 g/mol. The molecule has 0 saturated heterocycles. The first-order valence-electron chi connectivity index (χ1n) is 5.80. The average Bonchev–Trinajstić information content (AvgIpc) is 2.27. The summed E-state index contributed by atoms with van der Waals surface area (Å²) in [5.41, 5.74) is -0.791. The summed E-state index contributed by atoms with van der Waals surface area (Å²) >= 11 is 0. The number of alkyl halides is 3. The summed E-state index contributed by atoms with van der Waals surface area (Å²) in [5, 5.41) is 8.98. The van der Waals surface area contributed by atoms with Crippen LogP contribution < -0.4 is 0 Å². The fourth-order valence-electron chi connectivity index (χ4n) is 1.70. The van der Waals surface area contributed by atoms with Crippen LogP contribution in [0.1, 0.15) is 25.0 Å². The van der Waals surface area contributed by atoms with Gasteiger partial charge in [-0.2, -0.15) is 13.2 Å². The Labute approximate surface area is 109 Å². The third-order valence-electron chi connectivity index (χ3n) is 2.75. The number of carboxylic acids is 1. The van der Waals surface area contributed by atoms with Crippen LogP contribution in [0.3, 0.4) is 0 Å². The van der Waals surface area contributed by atoms with Crippen LogP contribution in [0.25, 0.3) is 6.08 Å². The first-order valence-corrected chi connectivity index (χ1v) is 5.80. The average molecular weight is 272 g/mol. The molecule has 0 aliphatic heterocycles. The molecule has 19 heavy (non-hydrogen) atoms. The SMILES string of the molecule is CC(C)C(C=Cc1ccccc1C(F)(F)F)C(=O)O. The Kier molecular flexibility index (Phi) is 4.75. The molecule has 0 heterocycles. The molecule has 1 aromatic rings. The Morgan fingerprint density at radius 2 is 1.84 bits per heavy atom. The van der Waals surface area contributed by atoms with Gasteiger partial charge in [-0.3, -0.25) is 4.79 Å². The van der Waals surface area contributed by atoms with Gasteiger partial charge in [-0.1, -0.05) is 44.2 Å². The number of halogens is 3. The zero-order valence-electron chi connectivity index (χ0n) is 10.6. The molecular weight excluding hydrogens is 257 g/mol. The Balaban J connectivity index is 3.09. The molecule has 0 aliphatic rings. The van der Waals surface area contributed by atoms with Crippen LogP contribution in [0.5, 0.6) is 0 Å². The fraction of sp³-hybridized carbons (Fsp3) is 0.357. The number of hydrogen-bond donors (Lipinski definition) is 1. The van der Waals surface area contributed by atoms with E-state index in [0.29, 0.717) is 0 Å². The zero-order valence-corrected chi connectivity index (χ0v) is 10.6. The molecule has 0 aromatic heterocycles. The lowest BCUT2D eigenvalue weighted by Gasteiger charge is -2.13. The largest absolute Gasteiger partial charge is 0.481 e. The Morgan fingerprint density at radius 3 is 2.32 bits per heavy atom. The van der Waals surface area contributed by atoms with Gasteiger partial charge in [-0.05, 0) is 17.5 Å². The summed E-state index contributed by atoms with van der Waals surface area (Å²) in [7, 11) is 0. The lowest BCUT2D eigenvalue weighted by Crippen LogP contribution is -2.17. The summed E-state index contributed by atoms with van der Waals surface area (Å²) in [6.45, 7) is 3.41.